The zero-order valence-corrected chi connectivity index (χ0v) is 10.3. The molecular formula is C10H11BrN4O. The van der Waals surface area contributed by atoms with Crippen LogP contribution in [0.1, 0.15) is 11.3 Å². The molecule has 84 valence electrons. The number of imidazole rings is 1. The second-order valence-corrected chi connectivity index (χ2v) is 4.46. The zero-order valence-electron chi connectivity index (χ0n) is 8.70. The second kappa shape index (κ2) is 4.23. The molecule has 0 radical (unpaired) electrons. The van der Waals surface area contributed by atoms with Gasteiger partial charge in [0.15, 0.2) is 0 Å². The Balaban J connectivity index is 2.44. The zero-order chi connectivity index (χ0) is 11.7. The van der Waals surface area contributed by atoms with Crippen molar-refractivity contribution < 1.29 is 4.79 Å². The van der Waals surface area contributed by atoms with E-state index in [1.54, 1.807) is 0 Å². The highest BCUT2D eigenvalue weighted by molar-refractivity contribution is 9.10. The normalized spacial score (nSPS) is 10.7. The minimum Gasteiger partial charge on any atom is -0.305 e. The quantitative estimate of drug-likeness (QED) is 0.489. The first kappa shape index (κ1) is 11.1. The molecule has 0 aliphatic carbocycles. The third-order valence-electron chi connectivity index (χ3n) is 2.25. The summed E-state index contributed by atoms with van der Waals surface area (Å²) in [6.45, 7) is 1.97. The number of hydrogen-bond acceptors (Lipinski definition) is 3. The largest absolute Gasteiger partial charge is 0.305 e. The minimum absolute atomic E-state index is 0.190. The molecule has 0 atom stereocenters. The molecule has 6 heteroatoms. The fourth-order valence-electron chi connectivity index (χ4n) is 1.58. The highest BCUT2D eigenvalue weighted by atomic mass is 79.9. The molecule has 0 aromatic carbocycles. The van der Waals surface area contributed by atoms with E-state index in [4.69, 9.17) is 5.84 Å². The summed E-state index contributed by atoms with van der Waals surface area (Å²) in [6, 6.07) is 1.98. The van der Waals surface area contributed by atoms with Crippen LogP contribution in [0.25, 0.3) is 5.65 Å². The first-order valence-electron chi connectivity index (χ1n) is 4.73. The monoisotopic (exact) mass is 282 g/mol. The number of carbonyl (C=O) groups excluding carboxylic acids is 1. The number of nitrogens with zero attached hydrogens (tertiary/aromatic N) is 2. The number of hydrogen-bond donors (Lipinski definition) is 2. The van der Waals surface area contributed by atoms with E-state index >= 15 is 0 Å². The number of halogens is 1. The molecule has 2 aromatic rings. The molecule has 16 heavy (non-hydrogen) atoms. The van der Waals surface area contributed by atoms with E-state index in [2.05, 4.69) is 26.3 Å². The third-order valence-corrected chi connectivity index (χ3v) is 2.69. The van der Waals surface area contributed by atoms with Crippen LogP contribution in [-0.4, -0.2) is 15.3 Å². The summed E-state index contributed by atoms with van der Waals surface area (Å²) in [5, 5.41) is 0. The summed E-state index contributed by atoms with van der Waals surface area (Å²) in [4.78, 5) is 15.5. The van der Waals surface area contributed by atoms with Crippen molar-refractivity contribution in [1.29, 1.82) is 0 Å². The Morgan fingerprint density at radius 3 is 3.06 bits per heavy atom. The van der Waals surface area contributed by atoms with Crippen molar-refractivity contribution >= 4 is 27.5 Å². The van der Waals surface area contributed by atoms with Crippen molar-refractivity contribution in [1.82, 2.24) is 14.8 Å². The Morgan fingerprint density at radius 1 is 1.62 bits per heavy atom. The van der Waals surface area contributed by atoms with Crippen LogP contribution in [-0.2, 0) is 11.2 Å². The number of carbonyl (C=O) groups is 1. The Kier molecular flexibility index (Phi) is 2.93. The standard InChI is InChI=1S/C10H11BrN4O/c1-6-2-7(11)4-15-5-8(13-10(6)15)3-9(16)14-12/h2,4-5H,3,12H2,1H3,(H,14,16). The maximum absolute atomic E-state index is 11.1. The Morgan fingerprint density at radius 2 is 2.38 bits per heavy atom. The van der Waals surface area contributed by atoms with Crippen LogP contribution in [0.5, 0.6) is 0 Å². The molecule has 0 aliphatic heterocycles. The van der Waals surface area contributed by atoms with E-state index in [1.165, 1.54) is 0 Å². The van der Waals surface area contributed by atoms with Gasteiger partial charge in [0.2, 0.25) is 5.91 Å². The van der Waals surface area contributed by atoms with Gasteiger partial charge in [0.05, 0.1) is 12.1 Å². The molecule has 0 saturated carbocycles. The van der Waals surface area contributed by atoms with Crippen molar-refractivity contribution in [3.05, 3.63) is 34.2 Å². The summed E-state index contributed by atoms with van der Waals surface area (Å²) in [6.07, 6.45) is 3.91. The molecule has 0 unspecified atom stereocenters. The summed E-state index contributed by atoms with van der Waals surface area (Å²) < 4.78 is 2.86. The lowest BCUT2D eigenvalue weighted by molar-refractivity contribution is -0.120. The van der Waals surface area contributed by atoms with Crippen molar-refractivity contribution in [2.24, 2.45) is 5.84 Å². The lowest BCUT2D eigenvalue weighted by atomic mass is 10.3. The van der Waals surface area contributed by atoms with Crippen molar-refractivity contribution in [2.75, 3.05) is 0 Å². The smallest absolute Gasteiger partial charge is 0.239 e. The number of nitrogens with one attached hydrogen (secondary N) is 1. The number of pyridine rings is 1. The predicted molar refractivity (Wildman–Crippen MR) is 63.7 cm³/mol. The molecule has 0 bridgehead atoms. The number of aromatic nitrogens is 2. The number of nitrogens with two attached hydrogens (primary N) is 1. The van der Waals surface area contributed by atoms with Gasteiger partial charge in [-0.15, -0.1) is 0 Å². The maximum Gasteiger partial charge on any atom is 0.239 e. The molecule has 5 nitrogen and oxygen atoms in total. The molecule has 0 saturated heterocycles. The fraction of sp³-hybridized carbons (Fsp3) is 0.200. The van der Waals surface area contributed by atoms with Gasteiger partial charge in [0.25, 0.3) is 0 Å². The van der Waals surface area contributed by atoms with Gasteiger partial charge in [-0.05, 0) is 34.5 Å². The molecule has 0 spiro atoms. The molecule has 1 amide bonds. The molecule has 0 fully saturated rings. The van der Waals surface area contributed by atoms with E-state index in [0.29, 0.717) is 5.69 Å². The van der Waals surface area contributed by atoms with Crippen LogP contribution >= 0.6 is 15.9 Å². The SMILES string of the molecule is Cc1cc(Br)cn2cc(CC(=O)NN)nc12. The predicted octanol–water partition coefficient (Wildman–Crippen LogP) is 0.938. The topological polar surface area (TPSA) is 72.4 Å². The summed E-state index contributed by atoms with van der Waals surface area (Å²) in [5.74, 6) is 4.78. The van der Waals surface area contributed by atoms with E-state index < -0.39 is 0 Å². The van der Waals surface area contributed by atoms with Crippen LogP contribution in [0.15, 0.2) is 22.9 Å². The first-order valence-corrected chi connectivity index (χ1v) is 5.52. The highest BCUT2D eigenvalue weighted by Gasteiger charge is 2.08. The van der Waals surface area contributed by atoms with Gasteiger partial charge < -0.3 is 4.40 Å². The summed E-state index contributed by atoms with van der Waals surface area (Å²) in [5.41, 5.74) is 4.68. The van der Waals surface area contributed by atoms with Crippen LogP contribution in [0, 0.1) is 6.92 Å². The number of hydrazine groups is 1. The Hall–Kier alpha value is -1.40. The number of amides is 1. The fourth-order valence-corrected chi connectivity index (χ4v) is 2.14. The van der Waals surface area contributed by atoms with Crippen molar-refractivity contribution in [2.45, 2.75) is 13.3 Å². The van der Waals surface area contributed by atoms with Crippen LogP contribution in [0.3, 0.4) is 0 Å². The van der Waals surface area contributed by atoms with E-state index in [9.17, 15) is 4.79 Å². The van der Waals surface area contributed by atoms with Gasteiger partial charge in [-0.2, -0.15) is 0 Å². The lowest BCUT2D eigenvalue weighted by Gasteiger charge is -1.97. The van der Waals surface area contributed by atoms with E-state index in [1.807, 2.05) is 29.8 Å². The molecule has 2 heterocycles. The molecular weight excluding hydrogens is 272 g/mol. The minimum atomic E-state index is -0.250. The molecule has 3 N–H and O–H groups in total. The van der Waals surface area contributed by atoms with Gasteiger partial charge in [0, 0.05) is 16.9 Å². The average molecular weight is 283 g/mol. The highest BCUT2D eigenvalue weighted by Crippen LogP contribution is 2.17. The Labute approximate surface area is 101 Å². The molecule has 2 aromatic heterocycles. The summed E-state index contributed by atoms with van der Waals surface area (Å²) in [7, 11) is 0. The van der Waals surface area contributed by atoms with Gasteiger partial charge in [0.1, 0.15) is 5.65 Å². The van der Waals surface area contributed by atoms with E-state index in [0.717, 1.165) is 15.7 Å². The number of aryl methyl sites for hydroxylation is 1. The van der Waals surface area contributed by atoms with Gasteiger partial charge in [-0.3, -0.25) is 10.2 Å². The number of fused-ring (bicyclic) bond motifs is 1. The molecule has 2 rings (SSSR count). The first-order chi connectivity index (χ1) is 7.60. The maximum atomic E-state index is 11.1. The second-order valence-electron chi connectivity index (χ2n) is 3.55. The lowest BCUT2D eigenvalue weighted by Crippen LogP contribution is -2.31. The van der Waals surface area contributed by atoms with Crippen molar-refractivity contribution in [3.63, 3.8) is 0 Å². The molecule has 0 aliphatic rings. The third kappa shape index (κ3) is 2.07. The number of rotatable bonds is 2. The van der Waals surface area contributed by atoms with Gasteiger partial charge >= 0.3 is 0 Å². The average Bonchev–Trinajstić information content (AvgIpc) is 2.60. The van der Waals surface area contributed by atoms with Crippen LogP contribution in [0.4, 0.5) is 0 Å². The Bertz CT molecular complexity index is 549. The van der Waals surface area contributed by atoms with Crippen molar-refractivity contribution in [3.8, 4) is 0 Å². The summed E-state index contributed by atoms with van der Waals surface area (Å²) >= 11 is 3.41. The van der Waals surface area contributed by atoms with Gasteiger partial charge in [-0.25, -0.2) is 10.8 Å². The van der Waals surface area contributed by atoms with Crippen LogP contribution in [0.2, 0.25) is 0 Å². The van der Waals surface area contributed by atoms with E-state index in [-0.39, 0.29) is 12.3 Å². The van der Waals surface area contributed by atoms with Crippen LogP contribution < -0.4 is 11.3 Å². The van der Waals surface area contributed by atoms with Gasteiger partial charge in [-0.1, -0.05) is 0 Å².